The van der Waals surface area contributed by atoms with Gasteiger partial charge in [-0.3, -0.25) is 4.79 Å². The minimum atomic E-state index is -0.0775. The molecule has 94 valence electrons. The molecule has 5 heteroatoms. The summed E-state index contributed by atoms with van der Waals surface area (Å²) in [5, 5.41) is 15.0. The zero-order chi connectivity index (χ0) is 13.0. The number of nitrogens with one attached hydrogen (secondary N) is 1. The van der Waals surface area contributed by atoms with Crippen LogP contribution < -0.4 is 5.32 Å². The highest BCUT2D eigenvalue weighted by Crippen LogP contribution is 2.11. The number of aromatic nitrogens is 1. The van der Waals surface area contributed by atoms with E-state index in [0.717, 1.165) is 16.3 Å². The number of carbonyl (C=O) groups is 1. The Morgan fingerprint density at radius 2 is 2.33 bits per heavy atom. The van der Waals surface area contributed by atoms with Crippen LogP contribution in [0.25, 0.3) is 0 Å². The lowest BCUT2D eigenvalue weighted by Gasteiger charge is -2.04. The minimum Gasteiger partial charge on any atom is -0.508 e. The van der Waals surface area contributed by atoms with E-state index in [0.29, 0.717) is 6.54 Å². The van der Waals surface area contributed by atoms with Gasteiger partial charge >= 0.3 is 0 Å². The number of hydrogen-bond acceptors (Lipinski definition) is 4. The second-order valence-electron chi connectivity index (χ2n) is 3.98. The van der Waals surface area contributed by atoms with Crippen molar-refractivity contribution >= 4 is 17.2 Å². The molecule has 2 aromatic rings. The highest BCUT2D eigenvalue weighted by atomic mass is 32.1. The van der Waals surface area contributed by atoms with Crippen molar-refractivity contribution in [1.29, 1.82) is 0 Å². The predicted molar refractivity (Wildman–Crippen MR) is 70.5 cm³/mol. The molecule has 4 nitrogen and oxygen atoms in total. The van der Waals surface area contributed by atoms with E-state index in [2.05, 4.69) is 10.3 Å². The van der Waals surface area contributed by atoms with Crippen LogP contribution in [0.2, 0.25) is 0 Å². The Kier molecular flexibility index (Phi) is 3.94. The second-order valence-corrected chi connectivity index (χ2v) is 5.04. The van der Waals surface area contributed by atoms with Crippen LogP contribution in [0.15, 0.2) is 29.6 Å². The van der Waals surface area contributed by atoms with E-state index in [9.17, 15) is 9.90 Å². The molecule has 1 amide bonds. The summed E-state index contributed by atoms with van der Waals surface area (Å²) in [7, 11) is 0. The van der Waals surface area contributed by atoms with E-state index in [1.165, 1.54) is 0 Å². The molecule has 0 spiro atoms. The fourth-order valence-electron chi connectivity index (χ4n) is 1.59. The number of aromatic hydroxyl groups is 1. The first kappa shape index (κ1) is 12.6. The summed E-state index contributed by atoms with van der Waals surface area (Å²) in [6, 6.07) is 6.71. The van der Waals surface area contributed by atoms with Crippen molar-refractivity contribution in [2.75, 3.05) is 0 Å². The highest BCUT2D eigenvalue weighted by molar-refractivity contribution is 7.09. The van der Waals surface area contributed by atoms with Gasteiger partial charge in [0.05, 0.1) is 23.7 Å². The van der Waals surface area contributed by atoms with Crippen molar-refractivity contribution in [1.82, 2.24) is 10.3 Å². The number of carbonyl (C=O) groups excluding carboxylic acids is 1. The highest BCUT2D eigenvalue weighted by Gasteiger charge is 2.05. The molecule has 2 N–H and O–H groups in total. The lowest BCUT2D eigenvalue weighted by atomic mass is 10.1. The molecule has 1 aromatic carbocycles. The Morgan fingerprint density at radius 3 is 3.00 bits per heavy atom. The topological polar surface area (TPSA) is 62.2 Å². The van der Waals surface area contributed by atoms with Gasteiger partial charge in [-0.15, -0.1) is 11.3 Å². The van der Waals surface area contributed by atoms with Crippen LogP contribution in [-0.4, -0.2) is 16.0 Å². The van der Waals surface area contributed by atoms with Crippen LogP contribution in [0.3, 0.4) is 0 Å². The third-order valence-corrected chi connectivity index (χ3v) is 3.23. The Bertz CT molecular complexity index is 551. The van der Waals surface area contributed by atoms with E-state index in [-0.39, 0.29) is 18.1 Å². The third kappa shape index (κ3) is 3.56. The molecular weight excluding hydrogens is 248 g/mol. The SMILES string of the molecule is Cc1nc(CNC(=O)Cc2cccc(O)c2)cs1. The average molecular weight is 262 g/mol. The molecular formula is C13H14N2O2S. The Morgan fingerprint density at radius 1 is 1.50 bits per heavy atom. The molecule has 0 aliphatic rings. The summed E-state index contributed by atoms with van der Waals surface area (Å²) in [5.74, 6) is 0.0988. The molecule has 0 aliphatic carbocycles. The minimum absolute atomic E-state index is 0.0775. The van der Waals surface area contributed by atoms with Gasteiger partial charge in [-0.05, 0) is 24.6 Å². The zero-order valence-electron chi connectivity index (χ0n) is 10.0. The van der Waals surface area contributed by atoms with Crippen molar-refractivity contribution in [3.8, 4) is 5.75 Å². The first-order valence-electron chi connectivity index (χ1n) is 5.59. The van der Waals surface area contributed by atoms with Crippen molar-refractivity contribution in [3.05, 3.63) is 45.9 Å². The molecule has 0 bridgehead atoms. The standard InChI is InChI=1S/C13H14N2O2S/c1-9-15-11(8-18-9)7-14-13(17)6-10-3-2-4-12(16)5-10/h2-5,8,16H,6-7H2,1H3,(H,14,17). The summed E-state index contributed by atoms with van der Waals surface area (Å²) in [6.45, 7) is 2.38. The van der Waals surface area contributed by atoms with Crippen LogP contribution in [0.4, 0.5) is 0 Å². The van der Waals surface area contributed by atoms with Gasteiger partial charge in [0.1, 0.15) is 5.75 Å². The number of nitrogens with zero attached hydrogens (tertiary/aromatic N) is 1. The summed E-state index contributed by atoms with van der Waals surface area (Å²) >= 11 is 1.57. The summed E-state index contributed by atoms with van der Waals surface area (Å²) in [4.78, 5) is 16.0. The monoisotopic (exact) mass is 262 g/mol. The first-order chi connectivity index (χ1) is 8.63. The van der Waals surface area contributed by atoms with Gasteiger partial charge in [-0.2, -0.15) is 0 Å². The van der Waals surface area contributed by atoms with E-state index >= 15 is 0 Å². The van der Waals surface area contributed by atoms with Crippen LogP contribution in [0.1, 0.15) is 16.3 Å². The van der Waals surface area contributed by atoms with E-state index in [1.807, 2.05) is 18.4 Å². The number of hydrogen-bond donors (Lipinski definition) is 2. The van der Waals surface area contributed by atoms with Crippen LogP contribution in [0.5, 0.6) is 5.75 Å². The van der Waals surface area contributed by atoms with Crippen LogP contribution in [-0.2, 0) is 17.8 Å². The number of rotatable bonds is 4. The fraction of sp³-hybridized carbons (Fsp3) is 0.231. The number of benzene rings is 1. The Hall–Kier alpha value is -1.88. The number of phenolic OH excluding ortho intramolecular Hbond substituents is 1. The Balaban J connectivity index is 1.85. The van der Waals surface area contributed by atoms with Crippen LogP contribution >= 0.6 is 11.3 Å². The van der Waals surface area contributed by atoms with E-state index in [4.69, 9.17) is 0 Å². The molecule has 0 fully saturated rings. The number of phenols is 1. The van der Waals surface area contributed by atoms with Crippen molar-refractivity contribution in [3.63, 3.8) is 0 Å². The van der Waals surface area contributed by atoms with E-state index < -0.39 is 0 Å². The van der Waals surface area contributed by atoms with Crippen molar-refractivity contribution in [2.24, 2.45) is 0 Å². The lowest BCUT2D eigenvalue weighted by molar-refractivity contribution is -0.120. The smallest absolute Gasteiger partial charge is 0.224 e. The molecule has 0 atom stereocenters. The molecule has 1 heterocycles. The second kappa shape index (κ2) is 5.64. The van der Waals surface area contributed by atoms with Gasteiger partial charge in [0, 0.05) is 5.38 Å². The van der Waals surface area contributed by atoms with E-state index in [1.54, 1.807) is 29.5 Å². The first-order valence-corrected chi connectivity index (χ1v) is 6.47. The molecule has 0 radical (unpaired) electrons. The number of thiazole rings is 1. The third-order valence-electron chi connectivity index (χ3n) is 2.41. The van der Waals surface area contributed by atoms with Crippen LogP contribution in [0, 0.1) is 6.92 Å². The largest absolute Gasteiger partial charge is 0.508 e. The van der Waals surface area contributed by atoms with Gasteiger partial charge < -0.3 is 10.4 Å². The maximum atomic E-state index is 11.7. The number of aryl methyl sites for hydroxylation is 1. The van der Waals surface area contributed by atoms with Gasteiger partial charge in [0.25, 0.3) is 0 Å². The van der Waals surface area contributed by atoms with Gasteiger partial charge in [-0.1, -0.05) is 12.1 Å². The summed E-state index contributed by atoms with van der Waals surface area (Å²) in [6.07, 6.45) is 0.261. The lowest BCUT2D eigenvalue weighted by Crippen LogP contribution is -2.24. The quantitative estimate of drug-likeness (QED) is 0.886. The molecule has 0 aliphatic heterocycles. The molecule has 0 saturated heterocycles. The fourth-order valence-corrected chi connectivity index (χ4v) is 2.21. The Labute approximate surface area is 109 Å². The summed E-state index contributed by atoms with van der Waals surface area (Å²) in [5.41, 5.74) is 1.67. The zero-order valence-corrected chi connectivity index (χ0v) is 10.8. The van der Waals surface area contributed by atoms with Gasteiger partial charge in [-0.25, -0.2) is 4.98 Å². The molecule has 18 heavy (non-hydrogen) atoms. The average Bonchev–Trinajstić information content (AvgIpc) is 2.73. The van der Waals surface area contributed by atoms with Gasteiger partial charge in [0.15, 0.2) is 0 Å². The predicted octanol–water partition coefficient (Wildman–Crippen LogP) is 2.02. The number of amides is 1. The molecule has 0 unspecified atom stereocenters. The van der Waals surface area contributed by atoms with Gasteiger partial charge in [0.2, 0.25) is 5.91 Å². The molecule has 1 aromatic heterocycles. The normalized spacial score (nSPS) is 10.3. The maximum Gasteiger partial charge on any atom is 0.224 e. The molecule has 2 rings (SSSR count). The van der Waals surface area contributed by atoms with Crippen molar-refractivity contribution in [2.45, 2.75) is 19.9 Å². The summed E-state index contributed by atoms with van der Waals surface area (Å²) < 4.78 is 0. The van der Waals surface area contributed by atoms with Crippen molar-refractivity contribution < 1.29 is 9.90 Å². The molecule has 0 saturated carbocycles. The maximum absolute atomic E-state index is 11.7.